The molecule has 30 heavy (non-hydrogen) atoms. The number of carbonyl (C=O) groups is 1. The molecular formula is C23H26Cl2N4O. The zero-order valence-corrected chi connectivity index (χ0v) is 18.5. The monoisotopic (exact) mass is 444 g/mol. The van der Waals surface area contributed by atoms with E-state index in [9.17, 15) is 4.79 Å². The molecule has 2 aliphatic heterocycles. The first-order valence-electron chi connectivity index (χ1n) is 10.4. The molecule has 0 radical (unpaired) electrons. The highest BCUT2D eigenvalue weighted by Crippen LogP contribution is 2.41. The number of nitrogens with zero attached hydrogens (tertiary/aromatic N) is 2. The summed E-state index contributed by atoms with van der Waals surface area (Å²) in [5, 5.41) is 4.59. The van der Waals surface area contributed by atoms with Crippen LogP contribution in [0.1, 0.15) is 42.7 Å². The predicted molar refractivity (Wildman–Crippen MR) is 121 cm³/mol. The Balaban J connectivity index is 1.56. The first kappa shape index (κ1) is 21.2. The molecule has 5 nitrogen and oxygen atoms in total. The van der Waals surface area contributed by atoms with E-state index >= 15 is 0 Å². The summed E-state index contributed by atoms with van der Waals surface area (Å²) >= 11 is 12.3. The normalized spacial score (nSPS) is 21.5. The molecule has 0 spiro atoms. The first-order chi connectivity index (χ1) is 14.5. The highest BCUT2D eigenvalue weighted by molar-refractivity contribution is 6.42. The standard InChI is InChI=1S/C23H26Cl2N4O/c1-2-20-22(15-4-3-9-27-11-15)17-12-29(13-21(17)28-20)23(30)16(7-8-26)14-5-6-18(24)19(25)10-14/h3-6,9-11,16,20,22,28H,2,7-8,12-13,26H2,1H3. The van der Waals surface area contributed by atoms with E-state index in [2.05, 4.69) is 23.3 Å². The van der Waals surface area contributed by atoms with Gasteiger partial charge in [0.25, 0.3) is 0 Å². The van der Waals surface area contributed by atoms with E-state index < -0.39 is 0 Å². The van der Waals surface area contributed by atoms with Crippen molar-refractivity contribution in [2.45, 2.75) is 37.6 Å². The van der Waals surface area contributed by atoms with Crippen LogP contribution in [0, 0.1) is 0 Å². The third-order valence-electron chi connectivity index (χ3n) is 6.13. The molecule has 3 heterocycles. The molecule has 4 rings (SSSR count). The van der Waals surface area contributed by atoms with Crippen LogP contribution in [-0.4, -0.2) is 41.5 Å². The second-order valence-electron chi connectivity index (χ2n) is 7.92. The number of hydrogen-bond donors (Lipinski definition) is 2. The molecule has 158 valence electrons. The minimum atomic E-state index is -0.330. The summed E-state index contributed by atoms with van der Waals surface area (Å²) in [5.74, 6) is -0.00827. The van der Waals surface area contributed by atoms with Crippen molar-refractivity contribution in [2.75, 3.05) is 19.6 Å². The lowest BCUT2D eigenvalue weighted by atomic mass is 9.87. The maximum absolute atomic E-state index is 13.5. The second-order valence-corrected chi connectivity index (χ2v) is 8.74. The number of carbonyl (C=O) groups excluding carboxylic acids is 1. The van der Waals surface area contributed by atoms with Gasteiger partial charge in [0, 0.05) is 36.6 Å². The average Bonchev–Trinajstić information content (AvgIpc) is 3.32. The minimum absolute atomic E-state index is 0.0769. The number of aromatic nitrogens is 1. The van der Waals surface area contributed by atoms with Crippen LogP contribution < -0.4 is 11.1 Å². The molecule has 1 aromatic carbocycles. The Labute approximate surface area is 187 Å². The van der Waals surface area contributed by atoms with Crippen LogP contribution >= 0.6 is 23.2 Å². The third-order valence-corrected chi connectivity index (χ3v) is 6.87. The van der Waals surface area contributed by atoms with E-state index in [0.29, 0.717) is 42.1 Å². The lowest BCUT2D eigenvalue weighted by molar-refractivity contribution is -0.131. The van der Waals surface area contributed by atoms with Crippen LogP contribution in [0.15, 0.2) is 54.0 Å². The van der Waals surface area contributed by atoms with Gasteiger partial charge < -0.3 is 16.0 Å². The van der Waals surface area contributed by atoms with Crippen molar-refractivity contribution < 1.29 is 4.79 Å². The van der Waals surface area contributed by atoms with E-state index in [-0.39, 0.29) is 17.7 Å². The number of hydrogen-bond acceptors (Lipinski definition) is 4. The Kier molecular flexibility index (Phi) is 6.32. The maximum atomic E-state index is 13.5. The van der Waals surface area contributed by atoms with E-state index in [1.54, 1.807) is 18.3 Å². The Morgan fingerprint density at radius 3 is 2.80 bits per heavy atom. The van der Waals surface area contributed by atoms with Crippen molar-refractivity contribution in [1.82, 2.24) is 15.2 Å². The van der Waals surface area contributed by atoms with Crippen LogP contribution in [0.5, 0.6) is 0 Å². The number of amides is 1. The van der Waals surface area contributed by atoms with Gasteiger partial charge in [-0.25, -0.2) is 0 Å². The third kappa shape index (κ3) is 3.94. The zero-order valence-electron chi connectivity index (χ0n) is 16.9. The van der Waals surface area contributed by atoms with Crippen molar-refractivity contribution in [3.05, 3.63) is 75.2 Å². The smallest absolute Gasteiger partial charge is 0.230 e. The van der Waals surface area contributed by atoms with Gasteiger partial charge in [0.1, 0.15) is 0 Å². The van der Waals surface area contributed by atoms with Gasteiger partial charge in [-0.2, -0.15) is 0 Å². The molecular weight excluding hydrogens is 419 g/mol. The van der Waals surface area contributed by atoms with Gasteiger partial charge >= 0.3 is 0 Å². The van der Waals surface area contributed by atoms with Crippen molar-refractivity contribution in [3.8, 4) is 0 Å². The van der Waals surface area contributed by atoms with Crippen molar-refractivity contribution in [1.29, 1.82) is 0 Å². The van der Waals surface area contributed by atoms with Gasteiger partial charge in [0.2, 0.25) is 5.91 Å². The summed E-state index contributed by atoms with van der Waals surface area (Å²) in [6.45, 7) is 3.84. The fraction of sp³-hybridized carbons (Fsp3) is 0.391. The SMILES string of the molecule is CCC1NC2=C(CN(C(=O)C(CCN)c3ccc(Cl)c(Cl)c3)C2)C1c1cccnc1. The van der Waals surface area contributed by atoms with Crippen LogP contribution in [0.3, 0.4) is 0 Å². The van der Waals surface area contributed by atoms with Crippen molar-refractivity contribution in [2.24, 2.45) is 5.73 Å². The van der Waals surface area contributed by atoms with Gasteiger partial charge in [-0.15, -0.1) is 0 Å². The van der Waals surface area contributed by atoms with E-state index in [4.69, 9.17) is 28.9 Å². The topological polar surface area (TPSA) is 71.2 Å². The second kappa shape index (κ2) is 8.96. The van der Waals surface area contributed by atoms with Gasteiger partial charge in [0.05, 0.1) is 22.5 Å². The first-order valence-corrected chi connectivity index (χ1v) is 11.1. The number of benzene rings is 1. The molecule has 7 heteroatoms. The highest BCUT2D eigenvalue weighted by atomic mass is 35.5. The average molecular weight is 445 g/mol. The lowest BCUT2D eigenvalue weighted by Crippen LogP contribution is -2.39. The van der Waals surface area contributed by atoms with E-state index in [0.717, 1.165) is 12.0 Å². The quantitative estimate of drug-likeness (QED) is 0.703. The number of nitrogens with two attached hydrogens (primary N) is 1. The molecule has 2 aliphatic rings. The molecule has 3 atom stereocenters. The minimum Gasteiger partial charge on any atom is -0.383 e. The molecule has 0 fully saturated rings. The lowest BCUT2D eigenvalue weighted by Gasteiger charge is -2.29. The molecule has 1 amide bonds. The summed E-state index contributed by atoms with van der Waals surface area (Å²) < 4.78 is 0. The van der Waals surface area contributed by atoms with Gasteiger partial charge in [0.15, 0.2) is 0 Å². The Morgan fingerprint density at radius 2 is 2.13 bits per heavy atom. The molecule has 0 bridgehead atoms. The molecule has 1 aromatic heterocycles. The van der Waals surface area contributed by atoms with Gasteiger partial charge in [-0.05, 0) is 54.3 Å². The number of halogens is 2. The Hall–Kier alpha value is -2.08. The Bertz CT molecular complexity index is 963. The summed E-state index contributed by atoms with van der Waals surface area (Å²) in [6, 6.07) is 9.82. The largest absolute Gasteiger partial charge is 0.383 e. The van der Waals surface area contributed by atoms with Crippen LogP contribution in [0.2, 0.25) is 10.0 Å². The summed E-state index contributed by atoms with van der Waals surface area (Å²) in [5.41, 5.74) is 10.4. The van der Waals surface area contributed by atoms with Crippen LogP contribution in [-0.2, 0) is 4.79 Å². The maximum Gasteiger partial charge on any atom is 0.230 e. The molecule has 0 saturated heterocycles. The van der Waals surface area contributed by atoms with E-state index in [1.807, 2.05) is 23.2 Å². The van der Waals surface area contributed by atoms with Gasteiger partial charge in [-0.3, -0.25) is 9.78 Å². The molecule has 3 N–H and O–H groups in total. The van der Waals surface area contributed by atoms with Gasteiger partial charge in [-0.1, -0.05) is 42.3 Å². The molecule has 2 aromatic rings. The summed E-state index contributed by atoms with van der Waals surface area (Å²) in [6.07, 6.45) is 5.30. The highest BCUT2D eigenvalue weighted by Gasteiger charge is 2.41. The fourth-order valence-electron chi connectivity index (χ4n) is 4.66. The van der Waals surface area contributed by atoms with Crippen molar-refractivity contribution in [3.63, 3.8) is 0 Å². The van der Waals surface area contributed by atoms with E-state index in [1.165, 1.54) is 16.8 Å². The number of nitrogens with one attached hydrogen (secondary N) is 1. The van der Waals surface area contributed by atoms with Crippen LogP contribution in [0.4, 0.5) is 0 Å². The summed E-state index contributed by atoms with van der Waals surface area (Å²) in [7, 11) is 0. The number of pyridine rings is 1. The predicted octanol–water partition coefficient (Wildman–Crippen LogP) is 4.08. The molecule has 0 aliphatic carbocycles. The Morgan fingerprint density at radius 1 is 1.30 bits per heavy atom. The zero-order chi connectivity index (χ0) is 21.3. The molecule has 3 unspecified atom stereocenters. The number of rotatable bonds is 6. The molecule has 0 saturated carbocycles. The fourth-order valence-corrected chi connectivity index (χ4v) is 4.97. The van der Waals surface area contributed by atoms with Crippen LogP contribution in [0.25, 0.3) is 0 Å². The summed E-state index contributed by atoms with van der Waals surface area (Å²) in [4.78, 5) is 19.7. The van der Waals surface area contributed by atoms with Crippen molar-refractivity contribution >= 4 is 29.1 Å².